The maximum Gasteiger partial charge on any atom is 0.272 e. The average molecular weight is 559 g/mol. The highest BCUT2D eigenvalue weighted by Crippen LogP contribution is 2.35. The van der Waals surface area contributed by atoms with Crippen LogP contribution < -0.4 is 20.9 Å². The van der Waals surface area contributed by atoms with Gasteiger partial charge in [-0.25, -0.2) is 0 Å². The second-order valence-electron chi connectivity index (χ2n) is 10.4. The van der Waals surface area contributed by atoms with Crippen LogP contribution in [0.3, 0.4) is 0 Å². The first-order valence-corrected chi connectivity index (χ1v) is 13.7. The molecule has 1 aliphatic carbocycles. The van der Waals surface area contributed by atoms with Crippen LogP contribution in [-0.4, -0.2) is 59.6 Å². The fourth-order valence-electron chi connectivity index (χ4n) is 5.90. The Morgan fingerprint density at radius 1 is 0.951 bits per heavy atom. The van der Waals surface area contributed by atoms with E-state index in [1.165, 1.54) is 18.8 Å². The van der Waals surface area contributed by atoms with Crippen molar-refractivity contribution in [1.29, 1.82) is 0 Å². The van der Waals surface area contributed by atoms with E-state index in [1.807, 2.05) is 24.3 Å². The van der Waals surface area contributed by atoms with Crippen molar-refractivity contribution in [2.24, 2.45) is 7.05 Å². The normalized spacial score (nSPS) is 17.0. The highest BCUT2D eigenvalue weighted by atomic mass is 16.5. The number of carbonyl (C=O) groups is 3. The zero-order valence-corrected chi connectivity index (χ0v) is 23.4. The molecule has 2 unspecified atom stereocenters. The molecule has 41 heavy (non-hydrogen) atoms. The summed E-state index contributed by atoms with van der Waals surface area (Å²) in [6.07, 6.45) is 3.03. The predicted molar refractivity (Wildman–Crippen MR) is 156 cm³/mol. The van der Waals surface area contributed by atoms with E-state index in [1.54, 1.807) is 41.9 Å². The van der Waals surface area contributed by atoms with Gasteiger partial charge in [0.25, 0.3) is 11.5 Å². The smallest absolute Gasteiger partial charge is 0.272 e. The molecule has 2 aromatic heterocycles. The van der Waals surface area contributed by atoms with Gasteiger partial charge in [-0.05, 0) is 31.7 Å². The summed E-state index contributed by atoms with van der Waals surface area (Å²) in [4.78, 5) is 52.9. The minimum absolute atomic E-state index is 0.0108. The molecule has 10 nitrogen and oxygen atoms in total. The van der Waals surface area contributed by atoms with Crippen molar-refractivity contribution >= 4 is 39.4 Å². The third-order valence-corrected chi connectivity index (χ3v) is 7.73. The number of benzene rings is 2. The molecular weight excluding hydrogens is 524 g/mol. The molecule has 2 N–H and O–H groups in total. The molecule has 2 atom stereocenters. The van der Waals surface area contributed by atoms with Crippen molar-refractivity contribution in [3.05, 3.63) is 76.2 Å². The largest absolute Gasteiger partial charge is 0.493 e. The predicted octanol–water partition coefficient (Wildman–Crippen LogP) is 3.19. The third-order valence-electron chi connectivity index (χ3n) is 7.73. The number of ketones is 1. The number of fused-ring (bicyclic) bond motifs is 3. The van der Waals surface area contributed by atoms with Crippen molar-refractivity contribution in [2.75, 3.05) is 20.8 Å². The Morgan fingerprint density at radius 2 is 1.63 bits per heavy atom. The molecule has 2 aromatic carbocycles. The number of amides is 2. The molecular formula is C31H34N4O6. The highest BCUT2D eigenvalue weighted by Gasteiger charge is 2.30. The monoisotopic (exact) mass is 558 g/mol. The Kier molecular flexibility index (Phi) is 8.21. The van der Waals surface area contributed by atoms with E-state index < -0.39 is 5.56 Å². The van der Waals surface area contributed by atoms with Gasteiger partial charge in [0, 0.05) is 37.2 Å². The van der Waals surface area contributed by atoms with Gasteiger partial charge < -0.3 is 24.7 Å². The first-order chi connectivity index (χ1) is 19.8. The SMILES string of the molecule is COCC(=O)NC1CCCC(NC(=O)c2c(OC)c3c(=O)n(CC(=O)c4ccccc4)c4ccccc4c3n2C)C1. The first-order valence-electron chi connectivity index (χ1n) is 13.7. The van der Waals surface area contributed by atoms with E-state index in [9.17, 15) is 19.2 Å². The number of Topliss-reactive ketones (excluding diaryl/α,β-unsaturated/α-hetero) is 1. The van der Waals surface area contributed by atoms with Crippen LogP contribution in [-0.2, 0) is 23.1 Å². The van der Waals surface area contributed by atoms with Gasteiger partial charge in [-0.15, -0.1) is 0 Å². The number of pyridine rings is 1. The lowest BCUT2D eigenvalue weighted by Crippen LogP contribution is -2.46. The second kappa shape index (κ2) is 12.0. The van der Waals surface area contributed by atoms with Crippen LogP contribution in [0.4, 0.5) is 0 Å². The summed E-state index contributed by atoms with van der Waals surface area (Å²) in [5, 5.41) is 7.03. The summed E-state index contributed by atoms with van der Waals surface area (Å²) in [6, 6.07) is 15.9. The van der Waals surface area contributed by atoms with Gasteiger partial charge in [-0.2, -0.15) is 0 Å². The van der Waals surface area contributed by atoms with Gasteiger partial charge in [0.05, 0.1) is 24.7 Å². The van der Waals surface area contributed by atoms with Gasteiger partial charge in [0.1, 0.15) is 12.0 Å². The summed E-state index contributed by atoms with van der Waals surface area (Å²) in [5.74, 6) is -0.592. The van der Waals surface area contributed by atoms with Gasteiger partial charge in [0.15, 0.2) is 17.2 Å². The number of nitrogens with one attached hydrogen (secondary N) is 2. The lowest BCUT2D eigenvalue weighted by Gasteiger charge is -2.30. The van der Waals surface area contributed by atoms with Crippen LogP contribution in [0.2, 0.25) is 0 Å². The molecule has 1 fully saturated rings. The van der Waals surface area contributed by atoms with Crippen LogP contribution in [0.15, 0.2) is 59.4 Å². The molecule has 2 amide bonds. The number of hydrogen-bond acceptors (Lipinski definition) is 6. The molecule has 0 radical (unpaired) electrons. The lowest BCUT2D eigenvalue weighted by molar-refractivity contribution is -0.125. The Morgan fingerprint density at radius 3 is 2.34 bits per heavy atom. The van der Waals surface area contributed by atoms with Crippen molar-refractivity contribution in [3.63, 3.8) is 0 Å². The van der Waals surface area contributed by atoms with Crippen molar-refractivity contribution in [3.8, 4) is 5.75 Å². The van der Waals surface area contributed by atoms with Gasteiger partial charge in [0.2, 0.25) is 5.91 Å². The molecule has 0 saturated heterocycles. The molecule has 1 aliphatic rings. The maximum atomic E-state index is 14.0. The number of rotatable bonds is 9. The Balaban J connectivity index is 1.53. The fraction of sp³-hybridized carbons (Fsp3) is 0.355. The number of nitrogens with zero attached hydrogens (tertiary/aromatic N) is 2. The molecule has 10 heteroatoms. The van der Waals surface area contributed by atoms with Crippen molar-refractivity contribution in [2.45, 2.75) is 44.3 Å². The average Bonchev–Trinajstić information content (AvgIpc) is 3.28. The number of para-hydroxylation sites is 1. The number of ether oxygens (including phenoxy) is 2. The number of aromatic nitrogens is 2. The lowest BCUT2D eigenvalue weighted by atomic mass is 9.91. The zero-order chi connectivity index (χ0) is 29.1. The standard InChI is InChI=1S/C31H34N4O6/c1-34-27-22-14-7-8-15-23(22)35(17-24(36)19-10-5-4-6-11-19)31(39)26(27)29(41-3)28(34)30(38)33-21-13-9-12-20(16-21)32-25(37)18-40-2/h4-8,10-11,14-15,20-21H,9,12-13,16-18H2,1-3H3,(H,32,37)(H,33,38). The molecule has 2 heterocycles. The number of methoxy groups -OCH3 is 2. The van der Waals surface area contributed by atoms with E-state index in [4.69, 9.17) is 9.47 Å². The Labute approximate surface area is 237 Å². The maximum absolute atomic E-state index is 14.0. The van der Waals surface area contributed by atoms with Crippen LogP contribution in [0.5, 0.6) is 5.75 Å². The van der Waals surface area contributed by atoms with Crippen molar-refractivity contribution < 1.29 is 23.9 Å². The summed E-state index contributed by atoms with van der Waals surface area (Å²) in [6.45, 7) is -0.166. The Bertz CT molecular complexity index is 1670. The Hall–Kier alpha value is -4.44. The molecule has 0 bridgehead atoms. The van der Waals surface area contributed by atoms with Crippen LogP contribution in [0, 0.1) is 0 Å². The van der Waals surface area contributed by atoms with Gasteiger partial charge >= 0.3 is 0 Å². The van der Waals surface area contributed by atoms with Crippen LogP contribution in [0.25, 0.3) is 21.8 Å². The second-order valence-corrected chi connectivity index (χ2v) is 10.4. The molecule has 4 aromatic rings. The van der Waals surface area contributed by atoms with Gasteiger partial charge in [-0.3, -0.25) is 23.7 Å². The number of carbonyl (C=O) groups excluding carboxylic acids is 3. The summed E-state index contributed by atoms with van der Waals surface area (Å²) in [7, 11) is 4.64. The van der Waals surface area contributed by atoms with E-state index in [0.29, 0.717) is 23.0 Å². The minimum atomic E-state index is -0.409. The van der Waals surface area contributed by atoms with E-state index >= 15 is 0 Å². The molecule has 0 spiro atoms. The van der Waals surface area contributed by atoms with Crippen molar-refractivity contribution in [1.82, 2.24) is 19.8 Å². The van der Waals surface area contributed by atoms with E-state index in [-0.39, 0.29) is 59.7 Å². The first kappa shape index (κ1) is 28.1. The van der Waals surface area contributed by atoms with E-state index in [2.05, 4.69) is 10.6 Å². The quantitative estimate of drug-likeness (QED) is 0.305. The summed E-state index contributed by atoms with van der Waals surface area (Å²) < 4.78 is 13.8. The van der Waals surface area contributed by atoms with Crippen LogP contribution in [0.1, 0.15) is 46.5 Å². The topological polar surface area (TPSA) is 121 Å². The molecule has 0 aliphatic heterocycles. The molecule has 5 rings (SSSR count). The van der Waals surface area contributed by atoms with Crippen LogP contribution >= 0.6 is 0 Å². The number of hydrogen-bond donors (Lipinski definition) is 2. The minimum Gasteiger partial charge on any atom is -0.493 e. The fourth-order valence-corrected chi connectivity index (χ4v) is 5.90. The highest BCUT2D eigenvalue weighted by molar-refractivity contribution is 6.12. The van der Waals surface area contributed by atoms with E-state index in [0.717, 1.165) is 24.6 Å². The summed E-state index contributed by atoms with van der Waals surface area (Å²) in [5.41, 5.74) is 1.47. The van der Waals surface area contributed by atoms with Gasteiger partial charge in [-0.1, -0.05) is 48.5 Å². The molecule has 1 saturated carbocycles. The number of aryl methyl sites for hydroxylation is 1. The molecule has 214 valence electrons. The summed E-state index contributed by atoms with van der Waals surface area (Å²) >= 11 is 0. The third kappa shape index (κ3) is 5.47. The zero-order valence-electron chi connectivity index (χ0n) is 23.4.